The van der Waals surface area contributed by atoms with Crippen molar-refractivity contribution in [2.24, 2.45) is 0 Å². The van der Waals surface area contributed by atoms with Crippen LogP contribution < -0.4 is 10.3 Å². The number of aryl methyl sites for hydroxylation is 2. The fourth-order valence-electron chi connectivity index (χ4n) is 3.24. The van der Waals surface area contributed by atoms with Crippen LogP contribution >= 0.6 is 23.1 Å². The molecule has 27 heavy (non-hydrogen) atoms. The number of nitrogens with one attached hydrogen (secondary N) is 1. The van der Waals surface area contributed by atoms with E-state index in [4.69, 9.17) is 0 Å². The first-order valence-corrected chi connectivity index (χ1v) is 10.4. The second-order valence-corrected chi connectivity index (χ2v) is 8.04. The van der Waals surface area contributed by atoms with E-state index in [1.54, 1.807) is 23.5 Å². The van der Waals surface area contributed by atoms with Crippen LogP contribution in [-0.4, -0.2) is 22.8 Å². The number of halogens is 2. The molecule has 4 nitrogen and oxygen atoms in total. The molecule has 0 amide bonds. The average molecular weight is 406 g/mol. The van der Waals surface area contributed by atoms with Gasteiger partial charge in [-0.25, -0.2) is 4.98 Å². The van der Waals surface area contributed by atoms with E-state index in [0.717, 1.165) is 45.5 Å². The second-order valence-electron chi connectivity index (χ2n) is 6.11. The van der Waals surface area contributed by atoms with Crippen molar-refractivity contribution in [3.05, 3.63) is 56.4 Å². The van der Waals surface area contributed by atoms with Crippen molar-refractivity contribution in [3.63, 3.8) is 0 Å². The Balaban J connectivity index is 1.70. The molecule has 0 fully saturated rings. The maximum atomic E-state index is 12.6. The van der Waals surface area contributed by atoms with Crippen LogP contribution in [0.5, 0.6) is 5.75 Å². The molecule has 0 aliphatic heterocycles. The molecule has 4 rings (SSSR count). The number of thioether (sulfide) groups is 1. The Hall–Kier alpha value is -2.19. The van der Waals surface area contributed by atoms with Gasteiger partial charge in [-0.1, -0.05) is 12.1 Å². The van der Waals surface area contributed by atoms with Gasteiger partial charge in [-0.2, -0.15) is 8.78 Å². The number of hydrogen-bond donors (Lipinski definition) is 1. The largest absolute Gasteiger partial charge is 0.435 e. The number of nitrogens with zero attached hydrogens (tertiary/aromatic N) is 1. The minimum Gasteiger partial charge on any atom is -0.435 e. The monoisotopic (exact) mass is 406 g/mol. The Kier molecular flexibility index (Phi) is 5.01. The van der Waals surface area contributed by atoms with Gasteiger partial charge >= 0.3 is 6.61 Å². The molecular weight excluding hydrogens is 390 g/mol. The van der Waals surface area contributed by atoms with E-state index in [0.29, 0.717) is 5.82 Å². The maximum Gasteiger partial charge on any atom is 0.387 e. The van der Waals surface area contributed by atoms with Crippen LogP contribution in [0.1, 0.15) is 28.2 Å². The third kappa shape index (κ3) is 3.64. The lowest BCUT2D eigenvalue weighted by molar-refractivity contribution is -0.0498. The zero-order chi connectivity index (χ0) is 19.0. The Bertz CT molecular complexity index is 1070. The summed E-state index contributed by atoms with van der Waals surface area (Å²) in [6.45, 7) is -2.85. The van der Waals surface area contributed by atoms with Crippen molar-refractivity contribution in [2.45, 2.75) is 25.9 Å². The Morgan fingerprint density at radius 1 is 1.33 bits per heavy atom. The van der Waals surface area contributed by atoms with E-state index in [1.165, 1.54) is 28.8 Å². The molecule has 0 saturated heterocycles. The van der Waals surface area contributed by atoms with Crippen molar-refractivity contribution >= 4 is 44.3 Å². The molecule has 0 unspecified atom stereocenters. The third-order valence-corrected chi connectivity index (χ3v) is 6.37. The number of fused-ring (bicyclic) bond motifs is 3. The van der Waals surface area contributed by atoms with Gasteiger partial charge in [-0.05, 0) is 54.9 Å². The average Bonchev–Trinajstić information content (AvgIpc) is 3.21. The number of thiophene rings is 1. The summed E-state index contributed by atoms with van der Waals surface area (Å²) in [5.74, 6) is 0.627. The lowest BCUT2D eigenvalue weighted by atomic mass is 10.2. The molecule has 1 aliphatic rings. The first-order chi connectivity index (χ1) is 13.0. The Morgan fingerprint density at radius 2 is 2.11 bits per heavy atom. The summed E-state index contributed by atoms with van der Waals surface area (Å²) in [6.07, 6.45) is 6.82. The fourth-order valence-corrected chi connectivity index (χ4v) is 5.05. The molecule has 0 bridgehead atoms. The molecule has 2 aromatic heterocycles. The Labute approximate surface area is 162 Å². The van der Waals surface area contributed by atoms with Gasteiger partial charge in [0.15, 0.2) is 0 Å². The van der Waals surface area contributed by atoms with E-state index in [9.17, 15) is 13.6 Å². The first kappa shape index (κ1) is 18.2. The van der Waals surface area contributed by atoms with Crippen LogP contribution in [0.3, 0.4) is 0 Å². The third-order valence-electron chi connectivity index (χ3n) is 4.43. The van der Waals surface area contributed by atoms with Crippen LogP contribution in [0.2, 0.25) is 0 Å². The highest BCUT2D eigenvalue weighted by molar-refractivity contribution is 8.07. The van der Waals surface area contributed by atoms with Gasteiger partial charge in [0, 0.05) is 4.88 Å². The predicted molar refractivity (Wildman–Crippen MR) is 107 cm³/mol. The summed E-state index contributed by atoms with van der Waals surface area (Å²) in [4.78, 5) is 23.0. The fraction of sp³-hybridized carbons (Fsp3) is 0.263. The van der Waals surface area contributed by atoms with Crippen LogP contribution in [-0.2, 0) is 12.8 Å². The number of ether oxygens (including phenoxy) is 1. The number of hydrogen-bond acceptors (Lipinski definition) is 5. The van der Waals surface area contributed by atoms with Gasteiger partial charge in [-0.3, -0.25) is 4.79 Å². The molecule has 0 atom stereocenters. The topological polar surface area (TPSA) is 55.0 Å². The number of aromatic amines is 1. The van der Waals surface area contributed by atoms with Crippen LogP contribution in [0, 0.1) is 0 Å². The van der Waals surface area contributed by atoms with E-state index in [-0.39, 0.29) is 11.3 Å². The summed E-state index contributed by atoms with van der Waals surface area (Å²) in [7, 11) is 0. The zero-order valence-corrected chi connectivity index (χ0v) is 16.1. The molecule has 8 heteroatoms. The van der Waals surface area contributed by atoms with Crippen molar-refractivity contribution in [2.75, 3.05) is 6.26 Å². The summed E-state index contributed by atoms with van der Waals surface area (Å²) >= 11 is 3.06. The highest BCUT2D eigenvalue weighted by Gasteiger charge is 2.21. The molecule has 3 aromatic rings. The lowest BCUT2D eigenvalue weighted by Crippen LogP contribution is -2.11. The first-order valence-electron chi connectivity index (χ1n) is 8.40. The van der Waals surface area contributed by atoms with Gasteiger partial charge in [0.05, 0.1) is 10.3 Å². The van der Waals surface area contributed by atoms with E-state index < -0.39 is 6.61 Å². The van der Waals surface area contributed by atoms with E-state index in [2.05, 4.69) is 14.7 Å². The summed E-state index contributed by atoms with van der Waals surface area (Å²) < 4.78 is 28.9. The maximum absolute atomic E-state index is 12.6. The highest BCUT2D eigenvalue weighted by atomic mass is 32.2. The number of rotatable bonds is 5. The summed E-state index contributed by atoms with van der Waals surface area (Å²) in [6, 6.07) is 6.34. The van der Waals surface area contributed by atoms with Crippen molar-refractivity contribution < 1.29 is 13.5 Å². The van der Waals surface area contributed by atoms with Gasteiger partial charge in [0.2, 0.25) is 0 Å². The number of alkyl halides is 2. The molecule has 0 saturated carbocycles. The normalized spacial score (nSPS) is 14.1. The smallest absolute Gasteiger partial charge is 0.387 e. The molecule has 0 radical (unpaired) electrons. The van der Waals surface area contributed by atoms with Crippen molar-refractivity contribution in [1.82, 2.24) is 9.97 Å². The minimum absolute atomic E-state index is 0.102. The summed E-state index contributed by atoms with van der Waals surface area (Å²) in [5, 5.41) is 0.727. The second kappa shape index (κ2) is 7.44. The lowest BCUT2D eigenvalue weighted by Gasteiger charge is -2.06. The van der Waals surface area contributed by atoms with Crippen LogP contribution in [0.15, 0.2) is 29.1 Å². The zero-order valence-electron chi connectivity index (χ0n) is 14.4. The molecule has 0 spiro atoms. The van der Waals surface area contributed by atoms with Gasteiger partial charge in [0.25, 0.3) is 5.56 Å². The van der Waals surface area contributed by atoms with Crippen molar-refractivity contribution in [1.29, 1.82) is 0 Å². The molecule has 2 heterocycles. The van der Waals surface area contributed by atoms with Gasteiger partial charge in [0.1, 0.15) is 16.4 Å². The molecule has 1 aromatic carbocycles. The van der Waals surface area contributed by atoms with E-state index in [1.807, 2.05) is 12.3 Å². The minimum atomic E-state index is -2.85. The SMILES string of the molecule is CS/C(=C\c1ccc(OC(F)F)cc1)c1nc2sc3c(c2c(=O)[nH]1)CCC3. The van der Waals surface area contributed by atoms with Gasteiger partial charge in [-0.15, -0.1) is 23.1 Å². The van der Waals surface area contributed by atoms with Crippen LogP contribution in [0.25, 0.3) is 21.2 Å². The quantitative estimate of drug-likeness (QED) is 0.652. The Morgan fingerprint density at radius 3 is 2.81 bits per heavy atom. The van der Waals surface area contributed by atoms with Crippen molar-refractivity contribution in [3.8, 4) is 5.75 Å². The van der Waals surface area contributed by atoms with Gasteiger partial charge < -0.3 is 9.72 Å². The molecule has 1 aliphatic carbocycles. The molecule has 1 N–H and O–H groups in total. The molecule has 140 valence electrons. The highest BCUT2D eigenvalue weighted by Crippen LogP contribution is 2.35. The number of H-pyrrole nitrogens is 1. The summed E-state index contributed by atoms with van der Waals surface area (Å²) in [5.41, 5.74) is 1.85. The number of benzene rings is 1. The van der Waals surface area contributed by atoms with E-state index >= 15 is 0 Å². The standard InChI is InChI=1S/C19H16F2N2O2S2/c1-26-14(9-10-5-7-11(8-6-10)25-19(20)21)16-22-17(24)15-12-3-2-4-13(12)27-18(15)23-16/h5-9,19H,2-4H2,1H3,(H,22,23,24)/b14-9-. The predicted octanol–water partition coefficient (Wildman–Crippen LogP) is 4.94. The van der Waals surface area contributed by atoms with Crippen LogP contribution in [0.4, 0.5) is 8.78 Å². The molecular formula is C19H16F2N2O2S2. The number of aromatic nitrogens is 2.